The van der Waals surface area contributed by atoms with Crippen molar-refractivity contribution >= 4 is 0 Å². The molecule has 0 saturated carbocycles. The predicted molar refractivity (Wildman–Crippen MR) is 66.9 cm³/mol. The number of nitrogens with zero attached hydrogens (tertiary/aromatic N) is 4. The Morgan fingerprint density at radius 3 is 2.89 bits per heavy atom. The van der Waals surface area contributed by atoms with Crippen LogP contribution < -0.4 is 5.32 Å². The van der Waals surface area contributed by atoms with E-state index in [1.54, 1.807) is 6.33 Å². The van der Waals surface area contributed by atoms with Gasteiger partial charge in [-0.15, -0.1) is 0 Å². The summed E-state index contributed by atoms with van der Waals surface area (Å²) in [7, 11) is 0. The predicted octanol–water partition coefficient (Wildman–Crippen LogP) is 1.37. The molecule has 2 aromatic rings. The fraction of sp³-hybridized carbons (Fsp3) is 0.583. The highest BCUT2D eigenvalue weighted by Crippen LogP contribution is 2.05. The minimum atomic E-state index is 0.645. The van der Waals surface area contributed by atoms with E-state index in [1.165, 1.54) is 0 Å². The second-order valence-corrected chi connectivity index (χ2v) is 4.86. The zero-order valence-corrected chi connectivity index (χ0v) is 11.1. The van der Waals surface area contributed by atoms with Crippen LogP contribution in [0.2, 0.25) is 0 Å². The number of nitrogens with one attached hydrogen (secondary N) is 1. The Morgan fingerprint density at radius 1 is 1.39 bits per heavy atom. The van der Waals surface area contributed by atoms with E-state index < -0.39 is 0 Å². The lowest BCUT2D eigenvalue weighted by Crippen LogP contribution is -2.19. The molecule has 18 heavy (non-hydrogen) atoms. The summed E-state index contributed by atoms with van der Waals surface area (Å²) in [5.74, 6) is 0.649. The molecule has 0 bridgehead atoms. The molecule has 2 rings (SSSR count). The lowest BCUT2D eigenvalue weighted by atomic mass is 10.2. The van der Waals surface area contributed by atoms with Crippen LogP contribution in [-0.4, -0.2) is 26.4 Å². The van der Waals surface area contributed by atoms with E-state index in [0.717, 1.165) is 30.2 Å². The van der Waals surface area contributed by atoms with Gasteiger partial charge in [-0.2, -0.15) is 0 Å². The number of hydrogen-bond acceptors (Lipinski definition) is 5. The maximum absolute atomic E-state index is 4.67. The largest absolute Gasteiger partial charge is 0.331 e. The van der Waals surface area contributed by atoms with Gasteiger partial charge in [0.05, 0.1) is 18.6 Å². The van der Waals surface area contributed by atoms with Gasteiger partial charge in [-0.25, -0.2) is 9.61 Å². The SMILES string of the molecule is Cc1nonc1Cn1cnc(CNCC(C)C)c1. The summed E-state index contributed by atoms with van der Waals surface area (Å²) in [4.78, 5) is 4.34. The molecule has 0 aliphatic heterocycles. The number of hydrogen-bond donors (Lipinski definition) is 1. The Bertz CT molecular complexity index is 488. The van der Waals surface area contributed by atoms with Crippen molar-refractivity contribution in [2.45, 2.75) is 33.9 Å². The third kappa shape index (κ3) is 3.40. The first kappa shape index (κ1) is 12.8. The standard InChI is InChI=1S/C12H19N5O/c1-9(2)4-13-5-11-6-17(8-14-11)7-12-10(3)15-18-16-12/h6,8-9,13H,4-5,7H2,1-3H3. The zero-order chi connectivity index (χ0) is 13.0. The van der Waals surface area contributed by atoms with E-state index in [1.807, 2.05) is 17.7 Å². The third-order valence-electron chi connectivity index (χ3n) is 2.62. The van der Waals surface area contributed by atoms with Gasteiger partial charge >= 0.3 is 0 Å². The lowest BCUT2D eigenvalue weighted by Gasteiger charge is -2.04. The van der Waals surface area contributed by atoms with E-state index in [4.69, 9.17) is 0 Å². The summed E-state index contributed by atoms with van der Waals surface area (Å²) < 4.78 is 6.65. The molecule has 0 radical (unpaired) electrons. The fourth-order valence-corrected chi connectivity index (χ4v) is 1.64. The van der Waals surface area contributed by atoms with Crippen molar-refractivity contribution in [1.29, 1.82) is 0 Å². The van der Waals surface area contributed by atoms with Crippen LogP contribution in [0.5, 0.6) is 0 Å². The lowest BCUT2D eigenvalue weighted by molar-refractivity contribution is 0.300. The molecule has 0 saturated heterocycles. The van der Waals surface area contributed by atoms with Crippen LogP contribution in [0.15, 0.2) is 17.2 Å². The Morgan fingerprint density at radius 2 is 2.22 bits per heavy atom. The van der Waals surface area contributed by atoms with Crippen LogP contribution in [0.25, 0.3) is 0 Å². The van der Waals surface area contributed by atoms with Crippen LogP contribution in [0.4, 0.5) is 0 Å². The van der Waals surface area contributed by atoms with Crippen molar-refractivity contribution in [3.63, 3.8) is 0 Å². The Balaban J connectivity index is 1.88. The maximum atomic E-state index is 4.67. The summed E-state index contributed by atoms with van der Waals surface area (Å²) in [6, 6.07) is 0. The first-order valence-corrected chi connectivity index (χ1v) is 6.14. The van der Waals surface area contributed by atoms with Crippen LogP contribution in [0, 0.1) is 12.8 Å². The van der Waals surface area contributed by atoms with Gasteiger partial charge in [-0.3, -0.25) is 0 Å². The molecule has 0 unspecified atom stereocenters. The molecule has 0 aliphatic carbocycles. The molecule has 0 fully saturated rings. The van der Waals surface area contributed by atoms with Gasteiger partial charge in [0.1, 0.15) is 11.4 Å². The molecule has 0 spiro atoms. The van der Waals surface area contributed by atoms with Crippen LogP contribution in [0.1, 0.15) is 30.9 Å². The molecule has 0 atom stereocenters. The molecule has 98 valence electrons. The molecule has 2 heterocycles. The zero-order valence-electron chi connectivity index (χ0n) is 11.1. The smallest absolute Gasteiger partial charge is 0.127 e. The van der Waals surface area contributed by atoms with E-state index in [0.29, 0.717) is 12.5 Å². The van der Waals surface area contributed by atoms with Crippen LogP contribution in [0.3, 0.4) is 0 Å². The summed E-state index contributed by atoms with van der Waals surface area (Å²) in [5.41, 5.74) is 2.70. The minimum absolute atomic E-state index is 0.645. The van der Waals surface area contributed by atoms with Gasteiger partial charge in [-0.05, 0) is 19.4 Å². The van der Waals surface area contributed by atoms with Crippen molar-refractivity contribution in [2.75, 3.05) is 6.54 Å². The quantitative estimate of drug-likeness (QED) is 0.837. The normalized spacial score (nSPS) is 11.3. The van der Waals surface area contributed by atoms with Crippen LogP contribution in [-0.2, 0) is 13.1 Å². The number of aromatic nitrogens is 4. The summed E-state index contributed by atoms with van der Waals surface area (Å²) in [6.45, 7) is 8.69. The molecule has 0 aromatic carbocycles. The average molecular weight is 249 g/mol. The Labute approximate surface area is 106 Å². The molecule has 6 heteroatoms. The molecule has 0 aliphatic rings. The maximum Gasteiger partial charge on any atom is 0.127 e. The van der Waals surface area contributed by atoms with Gasteiger partial charge in [0.25, 0.3) is 0 Å². The highest BCUT2D eigenvalue weighted by molar-refractivity contribution is 5.07. The Hall–Kier alpha value is -1.69. The highest BCUT2D eigenvalue weighted by atomic mass is 16.6. The van der Waals surface area contributed by atoms with Gasteiger partial charge in [0.15, 0.2) is 0 Å². The van der Waals surface area contributed by atoms with Crippen molar-refractivity contribution in [3.8, 4) is 0 Å². The first-order chi connectivity index (χ1) is 8.65. The summed E-state index contributed by atoms with van der Waals surface area (Å²) in [6.07, 6.45) is 3.82. The second kappa shape index (κ2) is 5.77. The highest BCUT2D eigenvalue weighted by Gasteiger charge is 2.06. The van der Waals surface area contributed by atoms with E-state index in [-0.39, 0.29) is 0 Å². The van der Waals surface area contributed by atoms with Crippen molar-refractivity contribution in [1.82, 2.24) is 25.2 Å². The summed E-state index contributed by atoms with van der Waals surface area (Å²) in [5, 5.41) is 11.0. The van der Waals surface area contributed by atoms with Gasteiger partial charge in [0.2, 0.25) is 0 Å². The molecule has 2 aromatic heterocycles. The molecular weight excluding hydrogens is 230 g/mol. The average Bonchev–Trinajstić information content (AvgIpc) is 2.90. The second-order valence-electron chi connectivity index (χ2n) is 4.86. The molecular formula is C12H19N5O. The van der Waals surface area contributed by atoms with Crippen LogP contribution >= 0.6 is 0 Å². The van der Waals surface area contributed by atoms with Gasteiger partial charge in [0, 0.05) is 12.7 Å². The number of aryl methyl sites for hydroxylation is 1. The minimum Gasteiger partial charge on any atom is -0.331 e. The third-order valence-corrected chi connectivity index (χ3v) is 2.62. The molecule has 0 amide bonds. The topological polar surface area (TPSA) is 68.8 Å². The monoisotopic (exact) mass is 249 g/mol. The van der Waals surface area contributed by atoms with Gasteiger partial charge in [-0.1, -0.05) is 24.2 Å². The fourth-order valence-electron chi connectivity index (χ4n) is 1.64. The molecule has 1 N–H and O–H groups in total. The first-order valence-electron chi connectivity index (χ1n) is 6.14. The van der Waals surface area contributed by atoms with E-state index in [9.17, 15) is 0 Å². The van der Waals surface area contributed by atoms with Crippen molar-refractivity contribution < 1.29 is 4.63 Å². The molecule has 6 nitrogen and oxygen atoms in total. The van der Waals surface area contributed by atoms with E-state index in [2.05, 4.69) is 39.1 Å². The van der Waals surface area contributed by atoms with E-state index >= 15 is 0 Å². The van der Waals surface area contributed by atoms with Crippen molar-refractivity contribution in [3.05, 3.63) is 29.6 Å². The van der Waals surface area contributed by atoms with Crippen molar-refractivity contribution in [2.24, 2.45) is 5.92 Å². The number of imidazole rings is 1. The van der Waals surface area contributed by atoms with Gasteiger partial charge < -0.3 is 9.88 Å². The number of rotatable bonds is 6. The summed E-state index contributed by atoms with van der Waals surface area (Å²) >= 11 is 0. The Kier molecular flexibility index (Phi) is 4.09.